The lowest BCUT2D eigenvalue weighted by Crippen LogP contribution is -2.14. The number of nitrogens with one attached hydrogen (secondary N) is 1. The van der Waals surface area contributed by atoms with Crippen molar-refractivity contribution in [2.75, 3.05) is 4.72 Å². The summed E-state index contributed by atoms with van der Waals surface area (Å²) < 4.78 is 27.1. The number of pyridine rings is 1. The third-order valence-electron chi connectivity index (χ3n) is 3.51. The van der Waals surface area contributed by atoms with Crippen LogP contribution < -0.4 is 4.72 Å². The topological polar surface area (TPSA) is 82.9 Å². The molecule has 1 heterocycles. The third kappa shape index (κ3) is 2.73. The molecule has 0 radical (unpaired) electrons. The van der Waals surface area contributed by atoms with E-state index in [0.717, 1.165) is 24.8 Å². The zero-order chi connectivity index (χ0) is 14.9. The van der Waals surface area contributed by atoms with Crippen molar-refractivity contribution in [2.45, 2.75) is 24.2 Å². The standard InChI is InChI=1S/C15H13N3O2S/c16-9-11-4-7-15(17-10-11)18-21(19,20)14-6-5-12-2-1-3-13(12)8-14/h4-8,10H,1-3H2,(H,17,18). The molecule has 0 unspecified atom stereocenters. The number of nitriles is 1. The zero-order valence-corrected chi connectivity index (χ0v) is 12.0. The lowest BCUT2D eigenvalue weighted by Gasteiger charge is -2.09. The van der Waals surface area contributed by atoms with Gasteiger partial charge in [-0.15, -0.1) is 0 Å². The molecular formula is C15H13N3O2S. The highest BCUT2D eigenvalue weighted by atomic mass is 32.2. The van der Waals surface area contributed by atoms with E-state index in [1.807, 2.05) is 12.1 Å². The van der Waals surface area contributed by atoms with Crippen molar-refractivity contribution < 1.29 is 8.42 Å². The van der Waals surface area contributed by atoms with Crippen LogP contribution in [0.2, 0.25) is 0 Å². The van der Waals surface area contributed by atoms with Crippen LogP contribution in [0.4, 0.5) is 5.82 Å². The van der Waals surface area contributed by atoms with E-state index in [2.05, 4.69) is 9.71 Å². The number of aryl methyl sites for hydroxylation is 2. The van der Waals surface area contributed by atoms with E-state index >= 15 is 0 Å². The smallest absolute Gasteiger partial charge is 0.263 e. The summed E-state index contributed by atoms with van der Waals surface area (Å²) in [5.74, 6) is 0.203. The lowest BCUT2D eigenvalue weighted by atomic mass is 10.1. The molecular weight excluding hydrogens is 286 g/mol. The quantitative estimate of drug-likeness (QED) is 0.942. The summed E-state index contributed by atoms with van der Waals surface area (Å²) in [5.41, 5.74) is 2.71. The number of rotatable bonds is 3. The number of aromatic nitrogens is 1. The minimum atomic E-state index is -3.65. The van der Waals surface area contributed by atoms with Crippen LogP contribution in [-0.4, -0.2) is 13.4 Å². The Labute approximate surface area is 123 Å². The summed E-state index contributed by atoms with van der Waals surface area (Å²) >= 11 is 0. The van der Waals surface area contributed by atoms with E-state index in [1.165, 1.54) is 23.9 Å². The number of hydrogen-bond acceptors (Lipinski definition) is 4. The molecule has 0 fully saturated rings. The Bertz CT molecular complexity index is 821. The Kier molecular flexibility index (Phi) is 3.35. The van der Waals surface area contributed by atoms with E-state index in [0.29, 0.717) is 5.56 Å². The Balaban J connectivity index is 1.88. The average molecular weight is 299 g/mol. The third-order valence-corrected chi connectivity index (χ3v) is 4.86. The maximum Gasteiger partial charge on any atom is 0.263 e. The summed E-state index contributed by atoms with van der Waals surface area (Å²) in [6, 6.07) is 10.2. The summed E-state index contributed by atoms with van der Waals surface area (Å²) in [6.07, 6.45) is 4.35. The second kappa shape index (κ2) is 5.19. The van der Waals surface area contributed by atoms with Crippen LogP contribution in [0.1, 0.15) is 23.1 Å². The molecule has 1 N–H and O–H groups in total. The molecule has 0 saturated carbocycles. The van der Waals surface area contributed by atoms with E-state index in [4.69, 9.17) is 5.26 Å². The normalized spacial score (nSPS) is 13.5. The Morgan fingerprint density at radius 3 is 2.67 bits per heavy atom. The molecule has 0 atom stereocenters. The van der Waals surface area contributed by atoms with Crippen molar-refractivity contribution in [3.8, 4) is 6.07 Å². The van der Waals surface area contributed by atoms with E-state index in [9.17, 15) is 8.42 Å². The molecule has 3 rings (SSSR count). The number of hydrogen-bond donors (Lipinski definition) is 1. The van der Waals surface area contributed by atoms with Gasteiger partial charge >= 0.3 is 0 Å². The van der Waals surface area contributed by atoms with Crippen LogP contribution in [-0.2, 0) is 22.9 Å². The fourth-order valence-corrected chi connectivity index (χ4v) is 3.49. The van der Waals surface area contributed by atoms with Crippen molar-refractivity contribution in [1.82, 2.24) is 4.98 Å². The molecule has 0 aliphatic heterocycles. The Hall–Kier alpha value is -2.39. The van der Waals surface area contributed by atoms with Gasteiger partial charge in [0.1, 0.15) is 11.9 Å². The van der Waals surface area contributed by atoms with Gasteiger partial charge in [-0.1, -0.05) is 6.07 Å². The van der Waals surface area contributed by atoms with Crippen molar-refractivity contribution in [3.05, 3.63) is 53.2 Å². The van der Waals surface area contributed by atoms with Gasteiger partial charge in [0.05, 0.1) is 10.5 Å². The Morgan fingerprint density at radius 1 is 1.14 bits per heavy atom. The molecule has 1 aromatic heterocycles. The maximum absolute atomic E-state index is 12.3. The highest BCUT2D eigenvalue weighted by molar-refractivity contribution is 7.92. The van der Waals surface area contributed by atoms with Crippen LogP contribution in [0.3, 0.4) is 0 Å². The molecule has 0 bridgehead atoms. The van der Waals surface area contributed by atoms with Gasteiger partial charge in [0, 0.05) is 6.20 Å². The van der Waals surface area contributed by atoms with Crippen molar-refractivity contribution in [1.29, 1.82) is 5.26 Å². The summed E-state index contributed by atoms with van der Waals surface area (Å²) in [5, 5.41) is 8.70. The average Bonchev–Trinajstić information content (AvgIpc) is 2.95. The SMILES string of the molecule is N#Cc1ccc(NS(=O)(=O)c2ccc3c(c2)CCC3)nc1. The van der Waals surface area contributed by atoms with E-state index < -0.39 is 10.0 Å². The number of fused-ring (bicyclic) bond motifs is 1. The molecule has 6 heteroatoms. The molecule has 2 aromatic rings. The first-order chi connectivity index (χ1) is 10.1. The minimum absolute atomic E-state index is 0.203. The van der Waals surface area contributed by atoms with Crippen LogP contribution in [0.15, 0.2) is 41.4 Å². The number of nitrogens with zero attached hydrogens (tertiary/aromatic N) is 2. The predicted octanol–water partition coefficient (Wildman–Crippen LogP) is 2.24. The van der Waals surface area contributed by atoms with Gasteiger partial charge in [0.2, 0.25) is 0 Å². The minimum Gasteiger partial charge on any atom is -0.263 e. The zero-order valence-electron chi connectivity index (χ0n) is 11.2. The fraction of sp³-hybridized carbons (Fsp3) is 0.200. The molecule has 1 aliphatic rings. The Morgan fingerprint density at radius 2 is 1.95 bits per heavy atom. The molecule has 1 aliphatic carbocycles. The van der Waals surface area contributed by atoms with Gasteiger partial charge in [-0.3, -0.25) is 4.72 Å². The molecule has 21 heavy (non-hydrogen) atoms. The first-order valence-corrected chi connectivity index (χ1v) is 8.07. The van der Waals surface area contributed by atoms with Gasteiger partial charge in [-0.05, 0) is 54.7 Å². The summed E-state index contributed by atoms with van der Waals surface area (Å²) in [4.78, 5) is 4.16. The van der Waals surface area contributed by atoms with Crippen LogP contribution in [0.25, 0.3) is 0 Å². The van der Waals surface area contributed by atoms with Gasteiger partial charge in [0.25, 0.3) is 10.0 Å². The van der Waals surface area contributed by atoms with Crippen LogP contribution >= 0.6 is 0 Å². The molecule has 106 valence electrons. The monoisotopic (exact) mass is 299 g/mol. The van der Waals surface area contributed by atoms with Gasteiger partial charge in [0.15, 0.2) is 0 Å². The summed E-state index contributed by atoms with van der Waals surface area (Å²) in [7, 11) is -3.65. The highest BCUT2D eigenvalue weighted by Gasteiger charge is 2.18. The van der Waals surface area contributed by atoms with E-state index in [1.54, 1.807) is 12.1 Å². The van der Waals surface area contributed by atoms with Crippen LogP contribution in [0.5, 0.6) is 0 Å². The van der Waals surface area contributed by atoms with Gasteiger partial charge < -0.3 is 0 Å². The molecule has 5 nitrogen and oxygen atoms in total. The molecule has 0 spiro atoms. The second-order valence-corrected chi connectivity index (χ2v) is 6.62. The van der Waals surface area contributed by atoms with Crippen LogP contribution in [0, 0.1) is 11.3 Å². The fourth-order valence-electron chi connectivity index (χ4n) is 2.43. The highest BCUT2D eigenvalue weighted by Crippen LogP contribution is 2.25. The largest absolute Gasteiger partial charge is 0.263 e. The van der Waals surface area contributed by atoms with Crippen molar-refractivity contribution >= 4 is 15.8 Å². The van der Waals surface area contributed by atoms with Crippen molar-refractivity contribution in [3.63, 3.8) is 0 Å². The second-order valence-electron chi connectivity index (χ2n) is 4.93. The number of benzene rings is 1. The van der Waals surface area contributed by atoms with Crippen molar-refractivity contribution in [2.24, 2.45) is 0 Å². The van der Waals surface area contributed by atoms with Gasteiger partial charge in [-0.2, -0.15) is 5.26 Å². The number of anilines is 1. The first-order valence-electron chi connectivity index (χ1n) is 6.59. The molecule has 0 saturated heterocycles. The maximum atomic E-state index is 12.3. The lowest BCUT2D eigenvalue weighted by molar-refractivity contribution is 0.601. The predicted molar refractivity (Wildman–Crippen MR) is 78.2 cm³/mol. The van der Waals surface area contributed by atoms with Gasteiger partial charge in [-0.25, -0.2) is 13.4 Å². The first kappa shape index (κ1) is 13.6. The van der Waals surface area contributed by atoms with E-state index in [-0.39, 0.29) is 10.7 Å². The molecule has 0 amide bonds. The number of sulfonamides is 1. The summed E-state index contributed by atoms with van der Waals surface area (Å²) in [6.45, 7) is 0. The molecule has 1 aromatic carbocycles.